The summed E-state index contributed by atoms with van der Waals surface area (Å²) in [5.74, 6) is 0.0935. The summed E-state index contributed by atoms with van der Waals surface area (Å²) in [5.41, 5.74) is 9.27. The van der Waals surface area contributed by atoms with E-state index >= 15 is 0 Å². The van der Waals surface area contributed by atoms with Gasteiger partial charge in [-0.05, 0) is 25.0 Å². The van der Waals surface area contributed by atoms with E-state index in [0.717, 1.165) is 30.5 Å². The van der Waals surface area contributed by atoms with Crippen LogP contribution >= 0.6 is 0 Å². The number of nitrogens with one attached hydrogen (secondary N) is 1. The first kappa shape index (κ1) is 17.7. The lowest BCUT2D eigenvalue weighted by Gasteiger charge is -2.11. The third kappa shape index (κ3) is 3.33. The Morgan fingerprint density at radius 1 is 1.37 bits per heavy atom. The molecule has 3 aromatic rings. The molecular formula is C19H23N5O3. The maximum atomic E-state index is 12.9. The van der Waals surface area contributed by atoms with Gasteiger partial charge in [-0.2, -0.15) is 0 Å². The summed E-state index contributed by atoms with van der Waals surface area (Å²) in [6, 6.07) is 7.57. The van der Waals surface area contributed by atoms with Gasteiger partial charge in [0.1, 0.15) is 16.9 Å². The number of hydrogen-bond acceptors (Lipinski definition) is 6. The molecular weight excluding hydrogens is 346 g/mol. The highest BCUT2D eigenvalue weighted by molar-refractivity contribution is 6.10. The number of para-hydroxylation sites is 2. The predicted octanol–water partition coefficient (Wildman–Crippen LogP) is 1.72. The second-order valence-corrected chi connectivity index (χ2v) is 6.63. The van der Waals surface area contributed by atoms with Crippen LogP contribution in [0.4, 0.5) is 5.82 Å². The molecule has 8 heteroatoms. The van der Waals surface area contributed by atoms with Crippen molar-refractivity contribution in [3.8, 4) is 0 Å². The van der Waals surface area contributed by atoms with Crippen LogP contribution < -0.4 is 11.1 Å². The first-order chi connectivity index (χ1) is 13.2. The molecule has 2 aromatic heterocycles. The molecule has 0 spiro atoms. The molecule has 1 amide bonds. The molecule has 1 saturated heterocycles. The summed E-state index contributed by atoms with van der Waals surface area (Å²) in [7, 11) is 1.62. The molecule has 4 rings (SSSR count). The Labute approximate surface area is 156 Å². The molecule has 142 valence electrons. The predicted molar refractivity (Wildman–Crippen MR) is 103 cm³/mol. The number of rotatable bonds is 6. The van der Waals surface area contributed by atoms with Gasteiger partial charge in [0.25, 0.3) is 5.91 Å². The monoisotopic (exact) mass is 369 g/mol. The Morgan fingerprint density at radius 2 is 2.15 bits per heavy atom. The summed E-state index contributed by atoms with van der Waals surface area (Å²) in [6.07, 6.45) is 2.04. The van der Waals surface area contributed by atoms with E-state index in [-0.39, 0.29) is 12.0 Å². The van der Waals surface area contributed by atoms with Crippen LogP contribution in [-0.4, -0.2) is 53.4 Å². The molecule has 0 aliphatic carbocycles. The summed E-state index contributed by atoms with van der Waals surface area (Å²) in [4.78, 5) is 22.3. The van der Waals surface area contributed by atoms with Crippen molar-refractivity contribution in [1.29, 1.82) is 0 Å². The third-order valence-electron chi connectivity index (χ3n) is 4.85. The van der Waals surface area contributed by atoms with Gasteiger partial charge >= 0.3 is 0 Å². The van der Waals surface area contributed by atoms with Crippen LogP contribution in [-0.2, 0) is 16.0 Å². The third-order valence-corrected chi connectivity index (χ3v) is 4.85. The van der Waals surface area contributed by atoms with Crippen LogP contribution in [0.25, 0.3) is 22.2 Å². The van der Waals surface area contributed by atoms with E-state index in [4.69, 9.17) is 20.2 Å². The number of aromatic nitrogens is 3. The Balaban J connectivity index is 1.76. The Morgan fingerprint density at radius 3 is 2.85 bits per heavy atom. The highest BCUT2D eigenvalue weighted by Crippen LogP contribution is 2.27. The van der Waals surface area contributed by atoms with Crippen molar-refractivity contribution in [2.75, 3.05) is 32.6 Å². The SMILES string of the molecule is COCCn1c(N)c(C(=O)NC[C@@H]2CCCO2)c2nc3ccccc3nc21. The molecule has 27 heavy (non-hydrogen) atoms. The summed E-state index contributed by atoms with van der Waals surface area (Å²) < 4.78 is 12.5. The first-order valence-corrected chi connectivity index (χ1v) is 9.12. The minimum absolute atomic E-state index is 0.0592. The topological polar surface area (TPSA) is 104 Å². The summed E-state index contributed by atoms with van der Waals surface area (Å²) >= 11 is 0. The van der Waals surface area contributed by atoms with Crippen molar-refractivity contribution in [2.24, 2.45) is 0 Å². The van der Waals surface area contributed by atoms with E-state index < -0.39 is 0 Å². The van der Waals surface area contributed by atoms with E-state index in [2.05, 4.69) is 10.3 Å². The van der Waals surface area contributed by atoms with Crippen molar-refractivity contribution in [3.05, 3.63) is 29.8 Å². The normalized spacial score (nSPS) is 17.0. The Hall–Kier alpha value is -2.71. The van der Waals surface area contributed by atoms with Crippen molar-refractivity contribution in [3.63, 3.8) is 0 Å². The van der Waals surface area contributed by atoms with Gasteiger partial charge < -0.3 is 25.1 Å². The zero-order valence-corrected chi connectivity index (χ0v) is 15.3. The molecule has 8 nitrogen and oxygen atoms in total. The number of nitrogen functional groups attached to an aromatic ring is 1. The highest BCUT2D eigenvalue weighted by Gasteiger charge is 2.25. The van der Waals surface area contributed by atoms with Gasteiger partial charge in [-0.3, -0.25) is 4.79 Å². The van der Waals surface area contributed by atoms with Gasteiger partial charge in [0.2, 0.25) is 0 Å². The molecule has 0 unspecified atom stereocenters. The highest BCUT2D eigenvalue weighted by atomic mass is 16.5. The van der Waals surface area contributed by atoms with Gasteiger partial charge in [0.15, 0.2) is 5.65 Å². The van der Waals surface area contributed by atoms with Crippen molar-refractivity contribution in [2.45, 2.75) is 25.5 Å². The number of benzene rings is 1. The van der Waals surface area contributed by atoms with Crippen molar-refractivity contribution < 1.29 is 14.3 Å². The standard InChI is InChI=1S/C19H23N5O3/c1-26-10-8-24-17(20)15(19(25)21-11-12-5-4-9-27-12)16-18(24)23-14-7-3-2-6-13(14)22-16/h2-3,6-7,12H,4-5,8-11,20H2,1H3,(H,21,25)/t12-/m0/s1. The van der Waals surface area contributed by atoms with Crippen LogP contribution in [0.15, 0.2) is 24.3 Å². The fourth-order valence-corrected chi connectivity index (χ4v) is 3.45. The second kappa shape index (κ2) is 7.50. The molecule has 3 N–H and O–H groups in total. The lowest BCUT2D eigenvalue weighted by atomic mass is 10.2. The molecule has 0 radical (unpaired) electrons. The lowest BCUT2D eigenvalue weighted by Crippen LogP contribution is -2.32. The number of fused-ring (bicyclic) bond motifs is 2. The van der Waals surface area contributed by atoms with Crippen LogP contribution in [0.1, 0.15) is 23.2 Å². The quantitative estimate of drug-likeness (QED) is 0.686. The van der Waals surface area contributed by atoms with Crippen LogP contribution in [0.3, 0.4) is 0 Å². The molecule has 0 saturated carbocycles. The maximum Gasteiger partial charge on any atom is 0.257 e. The number of methoxy groups -OCH3 is 1. The molecule has 1 aliphatic heterocycles. The molecule has 1 fully saturated rings. The minimum Gasteiger partial charge on any atom is -0.384 e. The van der Waals surface area contributed by atoms with E-state index in [1.165, 1.54) is 0 Å². The van der Waals surface area contributed by atoms with E-state index in [9.17, 15) is 4.79 Å². The van der Waals surface area contributed by atoms with Gasteiger partial charge in [-0.1, -0.05) is 12.1 Å². The van der Waals surface area contributed by atoms with Crippen LogP contribution in [0, 0.1) is 0 Å². The van der Waals surface area contributed by atoms with Crippen LogP contribution in [0.2, 0.25) is 0 Å². The number of carbonyl (C=O) groups is 1. The number of nitrogens with zero attached hydrogens (tertiary/aromatic N) is 3. The molecule has 1 atom stereocenters. The zero-order chi connectivity index (χ0) is 18.8. The number of anilines is 1. The molecule has 1 aromatic carbocycles. The number of carbonyl (C=O) groups excluding carboxylic acids is 1. The van der Waals surface area contributed by atoms with Gasteiger partial charge in [0, 0.05) is 26.8 Å². The number of nitrogens with two attached hydrogens (primary N) is 1. The fraction of sp³-hybridized carbons (Fsp3) is 0.421. The van der Waals surface area contributed by atoms with E-state index in [0.29, 0.717) is 42.2 Å². The fourth-order valence-electron chi connectivity index (χ4n) is 3.45. The number of hydrogen-bond donors (Lipinski definition) is 2. The van der Waals surface area contributed by atoms with Crippen LogP contribution in [0.5, 0.6) is 0 Å². The summed E-state index contributed by atoms with van der Waals surface area (Å²) in [5, 5.41) is 2.94. The van der Waals surface area contributed by atoms with Crippen molar-refractivity contribution >= 4 is 33.9 Å². The number of amides is 1. The van der Waals surface area contributed by atoms with Gasteiger partial charge in [-0.25, -0.2) is 9.97 Å². The summed E-state index contributed by atoms with van der Waals surface area (Å²) in [6.45, 7) is 2.16. The maximum absolute atomic E-state index is 12.9. The average molecular weight is 369 g/mol. The molecule has 0 bridgehead atoms. The molecule has 3 heterocycles. The zero-order valence-electron chi connectivity index (χ0n) is 15.3. The largest absolute Gasteiger partial charge is 0.384 e. The van der Waals surface area contributed by atoms with E-state index in [1.807, 2.05) is 24.3 Å². The minimum atomic E-state index is -0.256. The Kier molecular flexibility index (Phi) is 4.91. The average Bonchev–Trinajstić information content (AvgIpc) is 3.29. The Bertz CT molecular complexity index is 978. The smallest absolute Gasteiger partial charge is 0.257 e. The van der Waals surface area contributed by atoms with Gasteiger partial charge in [-0.15, -0.1) is 0 Å². The van der Waals surface area contributed by atoms with Crippen molar-refractivity contribution in [1.82, 2.24) is 19.9 Å². The lowest BCUT2D eigenvalue weighted by molar-refractivity contribution is 0.0859. The number of ether oxygens (including phenoxy) is 2. The van der Waals surface area contributed by atoms with Gasteiger partial charge in [0.05, 0.1) is 23.7 Å². The second-order valence-electron chi connectivity index (χ2n) is 6.63. The van der Waals surface area contributed by atoms with E-state index in [1.54, 1.807) is 11.7 Å². The molecule has 1 aliphatic rings. The first-order valence-electron chi connectivity index (χ1n) is 9.12.